The van der Waals surface area contributed by atoms with Gasteiger partial charge in [-0.3, -0.25) is 4.98 Å². The van der Waals surface area contributed by atoms with Crippen molar-refractivity contribution in [3.05, 3.63) is 86.6 Å². The quantitative estimate of drug-likeness (QED) is 0.414. The van der Waals surface area contributed by atoms with Crippen LogP contribution in [-0.4, -0.2) is 11.6 Å². The first-order valence-corrected chi connectivity index (χ1v) is 10.3. The van der Waals surface area contributed by atoms with Gasteiger partial charge in [-0.15, -0.1) is 0 Å². The zero-order chi connectivity index (χ0) is 20.6. The van der Waals surface area contributed by atoms with Crippen LogP contribution in [0.3, 0.4) is 0 Å². The molecular formula is C22H21Cl3N2O2. The summed E-state index contributed by atoms with van der Waals surface area (Å²) in [7, 11) is 0. The van der Waals surface area contributed by atoms with Crippen LogP contribution in [0.2, 0.25) is 15.1 Å². The highest BCUT2D eigenvalue weighted by Crippen LogP contribution is 2.35. The molecule has 0 fully saturated rings. The first-order valence-electron chi connectivity index (χ1n) is 9.20. The number of halogens is 3. The summed E-state index contributed by atoms with van der Waals surface area (Å²) in [5.74, 6) is 1.16. The molecule has 0 aliphatic heterocycles. The Morgan fingerprint density at radius 3 is 2.31 bits per heavy atom. The Bertz CT molecular complexity index is 932. The van der Waals surface area contributed by atoms with Crippen molar-refractivity contribution in [1.82, 2.24) is 10.3 Å². The third kappa shape index (κ3) is 6.00. The lowest BCUT2D eigenvalue weighted by atomic mass is 10.2. The fraction of sp³-hybridized carbons (Fsp3) is 0.227. The van der Waals surface area contributed by atoms with E-state index in [9.17, 15) is 0 Å². The average Bonchev–Trinajstić information content (AvgIpc) is 2.71. The lowest BCUT2D eigenvalue weighted by molar-refractivity contribution is 0.269. The van der Waals surface area contributed by atoms with E-state index in [1.54, 1.807) is 30.5 Å². The molecule has 0 radical (unpaired) electrons. The highest BCUT2D eigenvalue weighted by molar-refractivity contribution is 6.36. The molecule has 0 bridgehead atoms. The van der Waals surface area contributed by atoms with Gasteiger partial charge in [0.15, 0.2) is 11.5 Å². The highest BCUT2D eigenvalue weighted by atomic mass is 35.5. The number of pyridine rings is 1. The number of nitrogens with one attached hydrogen (secondary N) is 1. The van der Waals surface area contributed by atoms with E-state index < -0.39 is 0 Å². The number of benzene rings is 2. The van der Waals surface area contributed by atoms with Crippen LogP contribution in [-0.2, 0) is 19.7 Å². The minimum Gasteiger partial charge on any atom is -0.490 e. The van der Waals surface area contributed by atoms with Crippen LogP contribution in [0.25, 0.3) is 0 Å². The smallest absolute Gasteiger partial charge is 0.163 e. The van der Waals surface area contributed by atoms with Crippen molar-refractivity contribution >= 4 is 34.8 Å². The van der Waals surface area contributed by atoms with Crippen molar-refractivity contribution in [1.29, 1.82) is 0 Å². The van der Waals surface area contributed by atoms with Crippen LogP contribution in [0.5, 0.6) is 11.5 Å². The Kier molecular flexibility index (Phi) is 8.01. The number of ether oxygens (including phenoxy) is 2. The molecule has 0 amide bonds. The third-order valence-corrected chi connectivity index (χ3v) is 5.25. The van der Waals surface area contributed by atoms with Gasteiger partial charge in [-0.05, 0) is 42.8 Å². The molecule has 2 aromatic carbocycles. The van der Waals surface area contributed by atoms with Gasteiger partial charge in [0.05, 0.1) is 12.3 Å². The number of hydrogen-bond donors (Lipinski definition) is 1. The Morgan fingerprint density at radius 1 is 0.862 bits per heavy atom. The van der Waals surface area contributed by atoms with E-state index in [1.165, 1.54) is 0 Å². The van der Waals surface area contributed by atoms with Gasteiger partial charge in [0.2, 0.25) is 0 Å². The Morgan fingerprint density at radius 2 is 1.62 bits per heavy atom. The maximum Gasteiger partial charge on any atom is 0.163 e. The van der Waals surface area contributed by atoms with Gasteiger partial charge in [-0.2, -0.15) is 0 Å². The summed E-state index contributed by atoms with van der Waals surface area (Å²) in [6.07, 6.45) is 1.77. The van der Waals surface area contributed by atoms with Crippen molar-refractivity contribution in [3.8, 4) is 11.5 Å². The number of hydrogen-bond acceptors (Lipinski definition) is 4. The molecule has 152 valence electrons. The van der Waals surface area contributed by atoms with E-state index in [0.717, 1.165) is 16.8 Å². The standard InChI is InChI=1S/C22H21Cl3N2O2/c1-2-28-21-10-15(12-26-13-16-6-3-4-9-27-16)20(25)11-22(21)29-14-17-18(23)7-5-8-19(17)24/h3-11,26H,2,12-14H2,1H3. The largest absolute Gasteiger partial charge is 0.490 e. The van der Waals surface area contributed by atoms with E-state index in [4.69, 9.17) is 44.3 Å². The zero-order valence-electron chi connectivity index (χ0n) is 15.9. The molecule has 1 N–H and O–H groups in total. The maximum atomic E-state index is 6.48. The van der Waals surface area contributed by atoms with E-state index in [1.807, 2.05) is 31.2 Å². The highest BCUT2D eigenvalue weighted by Gasteiger charge is 2.13. The topological polar surface area (TPSA) is 43.4 Å². The molecular weight excluding hydrogens is 431 g/mol. The molecule has 3 rings (SSSR count). The third-order valence-electron chi connectivity index (χ3n) is 4.19. The van der Waals surface area contributed by atoms with Crippen LogP contribution in [0.15, 0.2) is 54.7 Å². The second-order valence-electron chi connectivity index (χ2n) is 6.24. The SMILES string of the molecule is CCOc1cc(CNCc2ccccn2)c(Cl)cc1OCc1c(Cl)cccc1Cl. The first-order chi connectivity index (χ1) is 14.1. The number of nitrogens with zero attached hydrogens (tertiary/aromatic N) is 1. The van der Waals surface area contributed by atoms with Crippen molar-refractivity contribution in [2.75, 3.05) is 6.61 Å². The lowest BCUT2D eigenvalue weighted by Crippen LogP contribution is -2.14. The molecule has 3 aromatic rings. The molecule has 1 heterocycles. The summed E-state index contributed by atoms with van der Waals surface area (Å²) in [6, 6.07) is 14.8. The summed E-state index contributed by atoms with van der Waals surface area (Å²) in [4.78, 5) is 4.30. The molecule has 0 saturated heterocycles. The molecule has 0 unspecified atom stereocenters. The van der Waals surface area contributed by atoms with Crippen LogP contribution < -0.4 is 14.8 Å². The van der Waals surface area contributed by atoms with Crippen LogP contribution in [0.4, 0.5) is 0 Å². The minimum atomic E-state index is 0.214. The zero-order valence-corrected chi connectivity index (χ0v) is 18.2. The normalized spacial score (nSPS) is 10.8. The summed E-state index contributed by atoms with van der Waals surface area (Å²) in [6.45, 7) is 3.86. The Labute approximate surface area is 185 Å². The van der Waals surface area contributed by atoms with Gasteiger partial charge >= 0.3 is 0 Å². The van der Waals surface area contributed by atoms with Crippen molar-refractivity contribution < 1.29 is 9.47 Å². The van der Waals surface area contributed by atoms with Gasteiger partial charge in [0, 0.05) is 46.0 Å². The molecule has 0 saturated carbocycles. The van der Waals surface area contributed by atoms with Crippen molar-refractivity contribution in [3.63, 3.8) is 0 Å². The van der Waals surface area contributed by atoms with E-state index in [-0.39, 0.29) is 6.61 Å². The lowest BCUT2D eigenvalue weighted by Gasteiger charge is -2.16. The average molecular weight is 452 g/mol. The molecule has 1 aromatic heterocycles. The first kappa shape index (κ1) is 21.7. The monoisotopic (exact) mass is 450 g/mol. The molecule has 4 nitrogen and oxygen atoms in total. The van der Waals surface area contributed by atoms with Gasteiger partial charge in [0.1, 0.15) is 6.61 Å². The summed E-state index contributed by atoms with van der Waals surface area (Å²) >= 11 is 18.9. The maximum absolute atomic E-state index is 6.48. The summed E-state index contributed by atoms with van der Waals surface area (Å²) < 4.78 is 11.7. The van der Waals surface area contributed by atoms with E-state index in [0.29, 0.717) is 46.3 Å². The molecule has 0 aliphatic rings. The van der Waals surface area contributed by atoms with E-state index >= 15 is 0 Å². The Balaban J connectivity index is 1.71. The Hall–Kier alpha value is -1.98. The summed E-state index contributed by atoms with van der Waals surface area (Å²) in [5.41, 5.74) is 2.59. The minimum absolute atomic E-state index is 0.214. The molecule has 0 spiro atoms. The van der Waals surface area contributed by atoms with Gasteiger partial charge in [0.25, 0.3) is 0 Å². The van der Waals surface area contributed by atoms with Crippen LogP contribution in [0, 0.1) is 0 Å². The van der Waals surface area contributed by atoms with Crippen LogP contribution >= 0.6 is 34.8 Å². The molecule has 0 aliphatic carbocycles. The fourth-order valence-electron chi connectivity index (χ4n) is 2.74. The predicted molar refractivity (Wildman–Crippen MR) is 118 cm³/mol. The second-order valence-corrected chi connectivity index (χ2v) is 7.46. The van der Waals surface area contributed by atoms with Gasteiger partial charge in [-0.25, -0.2) is 0 Å². The summed E-state index contributed by atoms with van der Waals surface area (Å²) in [5, 5.41) is 5.03. The molecule has 0 atom stereocenters. The molecule has 7 heteroatoms. The van der Waals surface area contributed by atoms with Crippen LogP contribution in [0.1, 0.15) is 23.7 Å². The number of rotatable bonds is 9. The van der Waals surface area contributed by atoms with E-state index in [2.05, 4.69) is 10.3 Å². The predicted octanol–water partition coefficient (Wildman–Crippen LogP) is 6.31. The fourth-order valence-corrected chi connectivity index (χ4v) is 3.47. The number of aromatic nitrogens is 1. The van der Waals surface area contributed by atoms with Crippen molar-refractivity contribution in [2.45, 2.75) is 26.6 Å². The van der Waals surface area contributed by atoms with Gasteiger partial charge < -0.3 is 14.8 Å². The van der Waals surface area contributed by atoms with Crippen molar-refractivity contribution in [2.24, 2.45) is 0 Å². The van der Waals surface area contributed by atoms with Gasteiger partial charge in [-0.1, -0.05) is 46.9 Å². The second kappa shape index (κ2) is 10.7. The molecule has 29 heavy (non-hydrogen) atoms.